The Balaban J connectivity index is 2.01. The van der Waals surface area contributed by atoms with E-state index in [1.54, 1.807) is 19.2 Å². The minimum Gasteiger partial charge on any atom is -0.494 e. The van der Waals surface area contributed by atoms with Crippen LogP contribution in [0.25, 0.3) is 10.8 Å². The molecule has 0 saturated heterocycles. The summed E-state index contributed by atoms with van der Waals surface area (Å²) in [6, 6.07) is 17.5. The van der Waals surface area contributed by atoms with Gasteiger partial charge in [-0.1, -0.05) is 30.3 Å². The molecule has 3 rings (SSSR count). The van der Waals surface area contributed by atoms with Crippen LogP contribution in [-0.4, -0.2) is 12.0 Å². The van der Waals surface area contributed by atoms with Gasteiger partial charge in [-0.25, -0.2) is 0 Å². The van der Waals surface area contributed by atoms with E-state index in [0.29, 0.717) is 17.1 Å². The Bertz CT molecular complexity index is 889. The second kappa shape index (κ2) is 6.23. The molecule has 0 amide bonds. The molecule has 0 bridgehead atoms. The molecule has 6 nitrogen and oxygen atoms in total. The van der Waals surface area contributed by atoms with Crippen molar-refractivity contribution in [1.29, 1.82) is 0 Å². The van der Waals surface area contributed by atoms with Gasteiger partial charge in [0, 0.05) is 17.5 Å². The first-order chi connectivity index (χ1) is 11.2. The number of benzene rings is 3. The summed E-state index contributed by atoms with van der Waals surface area (Å²) >= 11 is 0. The molecule has 0 spiro atoms. The van der Waals surface area contributed by atoms with Crippen LogP contribution >= 0.6 is 0 Å². The zero-order valence-electron chi connectivity index (χ0n) is 12.3. The maximum Gasteiger partial charge on any atom is 0.269 e. The third-order valence-electron chi connectivity index (χ3n) is 3.41. The molecule has 0 atom stereocenters. The Morgan fingerprint density at radius 2 is 1.70 bits per heavy atom. The van der Waals surface area contributed by atoms with Crippen molar-refractivity contribution in [2.24, 2.45) is 10.2 Å². The van der Waals surface area contributed by atoms with Gasteiger partial charge >= 0.3 is 0 Å². The lowest BCUT2D eigenvalue weighted by Crippen LogP contribution is -1.85. The highest BCUT2D eigenvalue weighted by atomic mass is 16.6. The van der Waals surface area contributed by atoms with E-state index < -0.39 is 4.92 Å². The number of nitro benzene ring substituents is 1. The van der Waals surface area contributed by atoms with Gasteiger partial charge in [-0.2, -0.15) is 5.11 Å². The van der Waals surface area contributed by atoms with Crippen molar-refractivity contribution in [3.63, 3.8) is 0 Å². The van der Waals surface area contributed by atoms with Gasteiger partial charge < -0.3 is 4.74 Å². The molecule has 0 heterocycles. The van der Waals surface area contributed by atoms with Crippen LogP contribution in [0.4, 0.5) is 17.1 Å². The maximum atomic E-state index is 10.7. The molecule has 3 aromatic rings. The first-order valence-electron chi connectivity index (χ1n) is 6.91. The lowest BCUT2D eigenvalue weighted by Gasteiger charge is -2.07. The van der Waals surface area contributed by atoms with Crippen LogP contribution in [0, 0.1) is 10.1 Å². The molecule has 3 aromatic carbocycles. The highest BCUT2D eigenvalue weighted by Crippen LogP contribution is 2.36. The third kappa shape index (κ3) is 3.01. The molecule has 0 unspecified atom stereocenters. The summed E-state index contributed by atoms with van der Waals surface area (Å²) in [6.07, 6.45) is 0. The van der Waals surface area contributed by atoms with Crippen LogP contribution in [0.3, 0.4) is 0 Å². The molecule has 0 radical (unpaired) electrons. The number of methoxy groups -OCH3 is 1. The van der Waals surface area contributed by atoms with E-state index in [9.17, 15) is 10.1 Å². The SMILES string of the molecule is COc1ccc2ccccc2c1N=Nc1ccc([N+](=O)[O-])cc1. The van der Waals surface area contributed by atoms with E-state index in [4.69, 9.17) is 4.74 Å². The molecular weight excluding hydrogens is 294 g/mol. The topological polar surface area (TPSA) is 77.1 Å². The Morgan fingerprint density at radius 3 is 2.39 bits per heavy atom. The summed E-state index contributed by atoms with van der Waals surface area (Å²) in [7, 11) is 1.58. The van der Waals surface area contributed by atoms with Crippen LogP contribution in [0.2, 0.25) is 0 Å². The Labute approximate surface area is 132 Å². The van der Waals surface area contributed by atoms with E-state index in [1.165, 1.54) is 12.1 Å². The zero-order valence-corrected chi connectivity index (χ0v) is 12.3. The smallest absolute Gasteiger partial charge is 0.269 e. The summed E-state index contributed by atoms with van der Waals surface area (Å²) in [5.41, 5.74) is 1.18. The van der Waals surface area contributed by atoms with E-state index in [1.807, 2.05) is 36.4 Å². The van der Waals surface area contributed by atoms with Crippen molar-refractivity contribution >= 4 is 27.8 Å². The fourth-order valence-corrected chi connectivity index (χ4v) is 2.25. The van der Waals surface area contributed by atoms with Gasteiger partial charge in [-0.05, 0) is 23.6 Å². The Hall–Kier alpha value is -3.28. The van der Waals surface area contributed by atoms with Crippen LogP contribution in [0.5, 0.6) is 5.75 Å². The largest absolute Gasteiger partial charge is 0.494 e. The minimum atomic E-state index is -0.450. The molecule has 23 heavy (non-hydrogen) atoms. The number of non-ortho nitro benzene ring substituents is 1. The van der Waals surface area contributed by atoms with Gasteiger partial charge in [-0.15, -0.1) is 5.11 Å². The fourth-order valence-electron chi connectivity index (χ4n) is 2.25. The number of nitrogens with zero attached hydrogens (tertiary/aromatic N) is 3. The third-order valence-corrected chi connectivity index (χ3v) is 3.41. The number of rotatable bonds is 4. The first-order valence-corrected chi connectivity index (χ1v) is 6.91. The lowest BCUT2D eigenvalue weighted by atomic mass is 10.1. The number of hydrogen-bond acceptors (Lipinski definition) is 5. The Kier molecular flexibility index (Phi) is 3.97. The van der Waals surface area contributed by atoms with E-state index in [2.05, 4.69) is 10.2 Å². The van der Waals surface area contributed by atoms with E-state index in [0.717, 1.165) is 10.8 Å². The van der Waals surface area contributed by atoms with Crippen molar-refractivity contribution in [2.75, 3.05) is 7.11 Å². The number of azo groups is 1. The van der Waals surface area contributed by atoms with E-state index in [-0.39, 0.29) is 5.69 Å². The molecule has 0 aliphatic rings. The van der Waals surface area contributed by atoms with Crippen LogP contribution in [0.1, 0.15) is 0 Å². The molecule has 0 fully saturated rings. The van der Waals surface area contributed by atoms with E-state index >= 15 is 0 Å². The second-order valence-electron chi connectivity index (χ2n) is 4.81. The highest BCUT2D eigenvalue weighted by molar-refractivity contribution is 5.95. The number of fused-ring (bicyclic) bond motifs is 1. The summed E-state index contributed by atoms with van der Waals surface area (Å²) in [6.45, 7) is 0. The van der Waals surface area contributed by atoms with Crippen LogP contribution in [0.15, 0.2) is 70.9 Å². The minimum absolute atomic E-state index is 0.0201. The van der Waals surface area contributed by atoms with Gasteiger partial charge in [0.1, 0.15) is 11.4 Å². The van der Waals surface area contributed by atoms with Crippen molar-refractivity contribution in [3.8, 4) is 5.75 Å². The van der Waals surface area contributed by atoms with Crippen molar-refractivity contribution in [2.45, 2.75) is 0 Å². The first kappa shape index (κ1) is 14.6. The number of hydrogen-bond donors (Lipinski definition) is 0. The highest BCUT2D eigenvalue weighted by Gasteiger charge is 2.08. The predicted octanol–water partition coefficient (Wildman–Crippen LogP) is 5.17. The second-order valence-corrected chi connectivity index (χ2v) is 4.81. The van der Waals surface area contributed by atoms with Crippen molar-refractivity contribution < 1.29 is 9.66 Å². The summed E-state index contributed by atoms with van der Waals surface area (Å²) < 4.78 is 5.35. The maximum absolute atomic E-state index is 10.7. The standard InChI is InChI=1S/C17H13N3O3/c1-23-16-11-6-12-4-2-3-5-15(12)17(16)19-18-13-7-9-14(10-8-13)20(21)22/h2-11H,1H3. The fraction of sp³-hybridized carbons (Fsp3) is 0.0588. The molecule has 0 saturated carbocycles. The van der Waals surface area contributed by atoms with Crippen LogP contribution < -0.4 is 4.74 Å². The molecule has 114 valence electrons. The Morgan fingerprint density at radius 1 is 0.957 bits per heavy atom. The summed E-state index contributed by atoms with van der Waals surface area (Å²) in [5.74, 6) is 0.620. The predicted molar refractivity (Wildman–Crippen MR) is 87.8 cm³/mol. The van der Waals surface area contributed by atoms with Crippen molar-refractivity contribution in [3.05, 3.63) is 70.8 Å². The number of ether oxygens (including phenoxy) is 1. The molecule has 6 heteroatoms. The average molecular weight is 307 g/mol. The summed E-state index contributed by atoms with van der Waals surface area (Å²) in [5, 5.41) is 21.1. The number of nitro groups is 1. The summed E-state index contributed by atoms with van der Waals surface area (Å²) in [4.78, 5) is 10.2. The van der Waals surface area contributed by atoms with Crippen LogP contribution in [-0.2, 0) is 0 Å². The molecular formula is C17H13N3O3. The van der Waals surface area contributed by atoms with Gasteiger partial charge in [0.2, 0.25) is 0 Å². The normalized spacial score (nSPS) is 11.0. The van der Waals surface area contributed by atoms with Gasteiger partial charge in [0.05, 0.1) is 17.7 Å². The quantitative estimate of drug-likeness (QED) is 0.379. The lowest BCUT2D eigenvalue weighted by molar-refractivity contribution is -0.384. The average Bonchev–Trinajstić information content (AvgIpc) is 2.59. The van der Waals surface area contributed by atoms with Gasteiger partial charge in [0.25, 0.3) is 5.69 Å². The van der Waals surface area contributed by atoms with Gasteiger partial charge in [-0.3, -0.25) is 10.1 Å². The van der Waals surface area contributed by atoms with Crippen molar-refractivity contribution in [1.82, 2.24) is 0 Å². The van der Waals surface area contributed by atoms with Gasteiger partial charge in [0.15, 0.2) is 0 Å². The molecule has 0 aromatic heterocycles. The molecule has 0 N–H and O–H groups in total. The molecule has 0 aliphatic carbocycles. The zero-order chi connectivity index (χ0) is 16.2. The molecule has 0 aliphatic heterocycles. The monoisotopic (exact) mass is 307 g/mol.